The van der Waals surface area contributed by atoms with Crippen LogP contribution in [0.25, 0.3) is 22.3 Å². The number of aliphatic hydroxyl groups excluding tert-OH is 2. The number of rotatable bonds is 3. The van der Waals surface area contributed by atoms with Gasteiger partial charge in [-0.1, -0.05) is 0 Å². The summed E-state index contributed by atoms with van der Waals surface area (Å²) in [6.07, 6.45) is -3.28. The van der Waals surface area contributed by atoms with Gasteiger partial charge in [-0.15, -0.1) is 0 Å². The van der Waals surface area contributed by atoms with E-state index in [0.717, 1.165) is 11.8 Å². The van der Waals surface area contributed by atoms with Crippen LogP contribution in [0.5, 0.6) is 0 Å². The number of thiophene rings is 1. The van der Waals surface area contributed by atoms with Crippen molar-refractivity contribution in [3.63, 3.8) is 0 Å². The number of alkyl halides is 1. The first-order chi connectivity index (χ1) is 11.6. The van der Waals surface area contributed by atoms with E-state index in [-0.39, 0.29) is 11.0 Å². The molecule has 0 bridgehead atoms. The number of hydrogen-bond donors (Lipinski definition) is 2. The summed E-state index contributed by atoms with van der Waals surface area (Å²) in [5, 5.41) is 22.8. The van der Waals surface area contributed by atoms with E-state index < -0.39 is 37.0 Å². The van der Waals surface area contributed by atoms with Crippen LogP contribution < -0.4 is 0 Å². The third-order valence-electron chi connectivity index (χ3n) is 4.11. The number of aliphatic hydroxyl groups is 2. The zero-order valence-corrected chi connectivity index (χ0v) is 13.0. The van der Waals surface area contributed by atoms with Gasteiger partial charge in [0.05, 0.1) is 17.7 Å². The molecule has 4 atom stereocenters. The predicted octanol–water partition coefficient (Wildman–Crippen LogP) is 1.89. The molecular weight excluding hydrogens is 340 g/mol. The maximum Gasteiger partial charge on any atom is 0.173 e. The molecule has 0 spiro atoms. The van der Waals surface area contributed by atoms with Crippen LogP contribution in [0.3, 0.4) is 0 Å². The highest BCUT2D eigenvalue weighted by molar-refractivity contribution is 7.08. The van der Waals surface area contributed by atoms with Gasteiger partial charge < -0.3 is 14.9 Å². The summed E-state index contributed by atoms with van der Waals surface area (Å²) in [6.45, 7) is -0.533. The summed E-state index contributed by atoms with van der Waals surface area (Å²) in [4.78, 5) is 8.19. The molecule has 4 rings (SSSR count). The minimum atomic E-state index is -1.81. The van der Waals surface area contributed by atoms with Crippen LogP contribution in [0.1, 0.15) is 6.23 Å². The first kappa shape index (κ1) is 15.6. The molecule has 1 fully saturated rings. The number of aromatic nitrogens is 3. The standard InChI is InChI=1S/C15H13F2N3O3S/c16-8-3-20(15-11(17)13(22)9(4-21)23-15)14-10(8)12(18-6-19-14)7-1-2-24-5-7/h1-3,5-6,9,11,13,15,21-22H,4H2/t9-,11+,13-,15-/m1/s1. The van der Waals surface area contributed by atoms with Gasteiger partial charge in [0.2, 0.25) is 0 Å². The van der Waals surface area contributed by atoms with E-state index in [1.54, 1.807) is 6.07 Å². The largest absolute Gasteiger partial charge is 0.394 e. The molecule has 1 aliphatic heterocycles. The van der Waals surface area contributed by atoms with Gasteiger partial charge in [0.25, 0.3) is 0 Å². The van der Waals surface area contributed by atoms with E-state index in [4.69, 9.17) is 9.84 Å². The third kappa shape index (κ3) is 2.24. The van der Waals surface area contributed by atoms with Gasteiger partial charge in [-0.25, -0.2) is 18.7 Å². The molecule has 1 aliphatic rings. The molecule has 0 unspecified atom stereocenters. The molecule has 0 aromatic carbocycles. The molecule has 0 radical (unpaired) electrons. The summed E-state index contributed by atoms with van der Waals surface area (Å²) >= 11 is 1.45. The number of hydrogen-bond acceptors (Lipinski definition) is 6. The predicted molar refractivity (Wildman–Crippen MR) is 82.7 cm³/mol. The summed E-state index contributed by atoms with van der Waals surface area (Å²) < 4.78 is 35.4. The van der Waals surface area contributed by atoms with Crippen LogP contribution >= 0.6 is 11.3 Å². The molecular formula is C15H13F2N3O3S. The molecule has 3 aromatic heterocycles. The van der Waals surface area contributed by atoms with Gasteiger partial charge in [0.15, 0.2) is 18.2 Å². The number of nitrogens with zero attached hydrogens (tertiary/aromatic N) is 3. The summed E-state index contributed by atoms with van der Waals surface area (Å²) in [6, 6.07) is 1.80. The van der Waals surface area contributed by atoms with Crippen LogP contribution in [0.15, 0.2) is 29.4 Å². The zero-order valence-electron chi connectivity index (χ0n) is 12.2. The Hall–Kier alpha value is -1.94. The van der Waals surface area contributed by atoms with Crippen molar-refractivity contribution in [3.05, 3.63) is 35.2 Å². The highest BCUT2D eigenvalue weighted by Crippen LogP contribution is 2.37. The molecule has 1 saturated heterocycles. The topological polar surface area (TPSA) is 80.4 Å². The van der Waals surface area contributed by atoms with Crippen molar-refractivity contribution >= 4 is 22.4 Å². The van der Waals surface area contributed by atoms with Gasteiger partial charge >= 0.3 is 0 Å². The van der Waals surface area contributed by atoms with E-state index in [1.165, 1.54) is 22.2 Å². The first-order valence-corrected chi connectivity index (χ1v) is 8.18. The lowest BCUT2D eigenvalue weighted by Crippen LogP contribution is -2.30. The molecule has 4 heterocycles. The van der Waals surface area contributed by atoms with Gasteiger partial charge in [0, 0.05) is 17.1 Å². The second-order valence-corrected chi connectivity index (χ2v) is 6.28. The normalized spacial score (nSPS) is 27.2. The minimum Gasteiger partial charge on any atom is -0.394 e. The lowest BCUT2D eigenvalue weighted by Gasteiger charge is -2.15. The first-order valence-electron chi connectivity index (χ1n) is 7.24. The zero-order chi connectivity index (χ0) is 16.8. The van der Waals surface area contributed by atoms with E-state index in [2.05, 4.69) is 9.97 Å². The van der Waals surface area contributed by atoms with Gasteiger partial charge in [0.1, 0.15) is 24.2 Å². The Kier molecular flexibility index (Phi) is 3.80. The summed E-state index contributed by atoms with van der Waals surface area (Å²) in [5.41, 5.74) is 1.31. The maximum atomic E-state index is 14.5. The van der Waals surface area contributed by atoms with E-state index in [9.17, 15) is 13.9 Å². The van der Waals surface area contributed by atoms with Crippen molar-refractivity contribution in [1.29, 1.82) is 0 Å². The molecule has 3 aromatic rings. The number of ether oxygens (including phenoxy) is 1. The Morgan fingerprint density at radius 2 is 2.21 bits per heavy atom. The Morgan fingerprint density at radius 1 is 1.38 bits per heavy atom. The fourth-order valence-electron chi connectivity index (χ4n) is 2.93. The average Bonchev–Trinajstić information content (AvgIpc) is 3.29. The smallest absolute Gasteiger partial charge is 0.173 e. The molecule has 6 nitrogen and oxygen atoms in total. The molecule has 9 heteroatoms. The molecule has 0 saturated carbocycles. The second kappa shape index (κ2) is 5.85. The molecule has 0 aliphatic carbocycles. The van der Waals surface area contributed by atoms with Crippen LogP contribution in [0.2, 0.25) is 0 Å². The van der Waals surface area contributed by atoms with Gasteiger partial charge in [-0.05, 0) is 11.4 Å². The Labute approximate surface area is 139 Å². The second-order valence-electron chi connectivity index (χ2n) is 5.50. The van der Waals surface area contributed by atoms with E-state index >= 15 is 0 Å². The van der Waals surface area contributed by atoms with Crippen molar-refractivity contribution in [2.45, 2.75) is 24.6 Å². The van der Waals surface area contributed by atoms with Crippen molar-refractivity contribution in [1.82, 2.24) is 14.5 Å². The molecule has 0 amide bonds. The van der Waals surface area contributed by atoms with Crippen LogP contribution in [0.4, 0.5) is 8.78 Å². The highest BCUT2D eigenvalue weighted by atomic mass is 32.1. The molecule has 24 heavy (non-hydrogen) atoms. The quantitative estimate of drug-likeness (QED) is 0.752. The van der Waals surface area contributed by atoms with Crippen molar-refractivity contribution < 1.29 is 23.7 Å². The summed E-state index contributed by atoms with van der Waals surface area (Å²) in [5.74, 6) is -0.607. The number of fused-ring (bicyclic) bond motifs is 1. The van der Waals surface area contributed by atoms with E-state index in [1.807, 2.05) is 10.8 Å². The fourth-order valence-corrected chi connectivity index (χ4v) is 3.57. The fraction of sp³-hybridized carbons (Fsp3) is 0.333. The third-order valence-corrected chi connectivity index (χ3v) is 4.79. The van der Waals surface area contributed by atoms with Gasteiger partial charge in [-0.2, -0.15) is 11.3 Å². The van der Waals surface area contributed by atoms with Crippen LogP contribution in [-0.2, 0) is 4.74 Å². The van der Waals surface area contributed by atoms with Crippen LogP contribution in [-0.4, -0.2) is 49.7 Å². The minimum absolute atomic E-state index is 0.161. The SMILES string of the molecule is OC[C@H]1O[C@@H](n2cc(F)c3c(-c4ccsc4)ncnc32)[C@@H](F)[C@@H]1O. The number of halogens is 2. The summed E-state index contributed by atoms with van der Waals surface area (Å²) in [7, 11) is 0. The van der Waals surface area contributed by atoms with Crippen molar-refractivity contribution in [2.24, 2.45) is 0 Å². The average molecular weight is 353 g/mol. The molecule has 2 N–H and O–H groups in total. The maximum absolute atomic E-state index is 14.5. The van der Waals surface area contributed by atoms with Gasteiger partial charge in [-0.3, -0.25) is 4.57 Å². The highest BCUT2D eigenvalue weighted by Gasteiger charge is 2.45. The van der Waals surface area contributed by atoms with Crippen molar-refractivity contribution in [2.75, 3.05) is 6.61 Å². The lowest BCUT2D eigenvalue weighted by atomic mass is 10.1. The van der Waals surface area contributed by atoms with Crippen LogP contribution in [0, 0.1) is 5.82 Å². The Bertz CT molecular complexity index is 870. The van der Waals surface area contributed by atoms with E-state index in [0.29, 0.717) is 5.69 Å². The monoisotopic (exact) mass is 353 g/mol. The lowest BCUT2D eigenvalue weighted by molar-refractivity contribution is -0.0459. The Balaban J connectivity index is 1.86. The van der Waals surface area contributed by atoms with Crippen molar-refractivity contribution in [3.8, 4) is 11.3 Å². The molecule has 126 valence electrons. The Morgan fingerprint density at radius 3 is 2.88 bits per heavy atom.